The van der Waals surface area contributed by atoms with Gasteiger partial charge in [-0.1, -0.05) is 19.9 Å². The van der Waals surface area contributed by atoms with Crippen LogP contribution in [0.2, 0.25) is 0 Å². The Hall–Kier alpha value is -1.13. The monoisotopic (exact) mass is 282 g/mol. The van der Waals surface area contributed by atoms with Crippen molar-refractivity contribution in [2.75, 3.05) is 33.3 Å². The third-order valence-electron chi connectivity index (χ3n) is 3.67. The first-order valence-corrected chi connectivity index (χ1v) is 7.41. The van der Waals surface area contributed by atoms with Gasteiger partial charge in [-0.05, 0) is 45.6 Å². The molecular weight excluding hydrogens is 255 g/mol. The molecule has 1 aromatic rings. The molecule has 1 rings (SSSR count). The summed E-state index contributed by atoms with van der Waals surface area (Å²) in [5.41, 5.74) is 0.689. The van der Waals surface area contributed by atoms with Crippen molar-refractivity contribution in [1.29, 1.82) is 0 Å². The Morgan fingerprint density at radius 2 is 2.00 bits per heavy atom. The van der Waals surface area contributed by atoms with Gasteiger partial charge in [0.25, 0.3) is 0 Å². The maximum atomic E-state index is 13.9. The van der Waals surface area contributed by atoms with E-state index in [0.29, 0.717) is 11.3 Å². The Morgan fingerprint density at radius 1 is 1.30 bits per heavy atom. The third kappa shape index (κ3) is 5.10. The number of nitrogens with zero attached hydrogens (tertiary/aromatic N) is 1. The molecule has 0 bridgehead atoms. The quantitative estimate of drug-likeness (QED) is 0.704. The van der Waals surface area contributed by atoms with E-state index in [2.05, 4.69) is 24.1 Å². The first-order chi connectivity index (χ1) is 9.62. The van der Waals surface area contributed by atoms with E-state index in [0.717, 1.165) is 32.6 Å². The lowest BCUT2D eigenvalue weighted by Gasteiger charge is -2.19. The van der Waals surface area contributed by atoms with Crippen molar-refractivity contribution >= 4 is 0 Å². The van der Waals surface area contributed by atoms with E-state index in [1.165, 1.54) is 6.07 Å². The molecule has 0 aromatic heterocycles. The zero-order valence-electron chi connectivity index (χ0n) is 13.1. The summed E-state index contributed by atoms with van der Waals surface area (Å²) in [5.74, 6) is 0.341. The summed E-state index contributed by atoms with van der Waals surface area (Å²) in [6, 6.07) is 5.03. The molecule has 4 heteroatoms. The minimum atomic E-state index is -0.215. The Balaban J connectivity index is 2.41. The molecule has 0 heterocycles. The molecule has 0 fully saturated rings. The highest BCUT2D eigenvalue weighted by Crippen LogP contribution is 2.21. The summed E-state index contributed by atoms with van der Waals surface area (Å²) in [4.78, 5) is 2.39. The second kappa shape index (κ2) is 8.93. The summed E-state index contributed by atoms with van der Waals surface area (Å²) in [6.45, 7) is 10.5. The van der Waals surface area contributed by atoms with Crippen LogP contribution in [0.3, 0.4) is 0 Å². The van der Waals surface area contributed by atoms with Crippen LogP contribution < -0.4 is 10.1 Å². The fraction of sp³-hybridized carbons (Fsp3) is 0.625. The lowest BCUT2D eigenvalue weighted by atomic mass is 10.1. The fourth-order valence-electron chi connectivity index (χ4n) is 2.26. The zero-order chi connectivity index (χ0) is 15.0. The third-order valence-corrected chi connectivity index (χ3v) is 3.67. The highest BCUT2D eigenvalue weighted by Gasteiger charge is 2.11. The van der Waals surface area contributed by atoms with Gasteiger partial charge in [0.2, 0.25) is 0 Å². The van der Waals surface area contributed by atoms with Crippen molar-refractivity contribution < 1.29 is 9.13 Å². The molecule has 3 nitrogen and oxygen atoms in total. The van der Waals surface area contributed by atoms with Crippen molar-refractivity contribution in [1.82, 2.24) is 10.2 Å². The molecule has 1 N–H and O–H groups in total. The molecule has 0 saturated heterocycles. The van der Waals surface area contributed by atoms with Gasteiger partial charge < -0.3 is 15.0 Å². The molecule has 20 heavy (non-hydrogen) atoms. The smallest absolute Gasteiger partial charge is 0.131 e. The van der Waals surface area contributed by atoms with Gasteiger partial charge in [0, 0.05) is 17.7 Å². The molecule has 0 saturated carbocycles. The van der Waals surface area contributed by atoms with Gasteiger partial charge in [-0.2, -0.15) is 0 Å². The van der Waals surface area contributed by atoms with Crippen LogP contribution in [0, 0.1) is 5.82 Å². The van der Waals surface area contributed by atoms with Gasteiger partial charge in [-0.15, -0.1) is 0 Å². The highest BCUT2D eigenvalue weighted by atomic mass is 19.1. The molecule has 0 amide bonds. The van der Waals surface area contributed by atoms with Crippen LogP contribution in [0.5, 0.6) is 5.75 Å². The van der Waals surface area contributed by atoms with Gasteiger partial charge in [0.1, 0.15) is 11.6 Å². The Morgan fingerprint density at radius 3 is 2.55 bits per heavy atom. The second-order valence-corrected chi connectivity index (χ2v) is 4.94. The summed E-state index contributed by atoms with van der Waals surface area (Å²) < 4.78 is 18.9. The van der Waals surface area contributed by atoms with Gasteiger partial charge in [-0.3, -0.25) is 0 Å². The number of benzene rings is 1. The molecule has 1 unspecified atom stereocenters. The maximum Gasteiger partial charge on any atom is 0.131 e. The molecule has 0 radical (unpaired) electrons. The van der Waals surface area contributed by atoms with Crippen molar-refractivity contribution in [2.24, 2.45) is 0 Å². The van der Waals surface area contributed by atoms with Crippen LogP contribution in [-0.4, -0.2) is 38.2 Å². The second-order valence-electron chi connectivity index (χ2n) is 4.94. The van der Waals surface area contributed by atoms with Gasteiger partial charge >= 0.3 is 0 Å². The van der Waals surface area contributed by atoms with Crippen LogP contribution in [0.4, 0.5) is 4.39 Å². The van der Waals surface area contributed by atoms with E-state index in [1.54, 1.807) is 19.2 Å². The topological polar surface area (TPSA) is 24.5 Å². The number of nitrogens with one attached hydrogen (secondary N) is 1. The van der Waals surface area contributed by atoms with E-state index in [9.17, 15) is 4.39 Å². The first-order valence-electron chi connectivity index (χ1n) is 7.41. The predicted molar refractivity (Wildman–Crippen MR) is 81.8 cm³/mol. The van der Waals surface area contributed by atoms with Gasteiger partial charge in [0.05, 0.1) is 7.11 Å². The lowest BCUT2D eigenvalue weighted by molar-refractivity contribution is 0.296. The number of methoxy groups -OCH3 is 1. The van der Waals surface area contributed by atoms with Crippen LogP contribution >= 0.6 is 0 Å². The molecule has 1 aromatic carbocycles. The number of hydrogen-bond acceptors (Lipinski definition) is 3. The molecular formula is C16H27FN2O. The van der Waals surface area contributed by atoms with Crippen LogP contribution in [0.25, 0.3) is 0 Å². The standard InChI is InChI=1S/C16H27FN2O/c1-5-19(6-2)11-7-10-18-13(3)15-9-8-14(20-4)12-16(15)17/h8-9,12-13,18H,5-7,10-11H2,1-4H3. The van der Waals surface area contributed by atoms with E-state index in [1.807, 2.05) is 6.92 Å². The molecule has 114 valence electrons. The van der Waals surface area contributed by atoms with Crippen molar-refractivity contribution in [3.8, 4) is 5.75 Å². The van der Waals surface area contributed by atoms with E-state index in [-0.39, 0.29) is 11.9 Å². The summed E-state index contributed by atoms with van der Waals surface area (Å²) in [6.07, 6.45) is 1.07. The highest BCUT2D eigenvalue weighted by molar-refractivity contribution is 5.30. The molecule has 0 aliphatic rings. The Kier molecular flexibility index (Phi) is 7.55. The van der Waals surface area contributed by atoms with E-state index < -0.39 is 0 Å². The minimum Gasteiger partial charge on any atom is -0.497 e. The number of rotatable bonds is 9. The molecule has 0 spiro atoms. The fourth-order valence-corrected chi connectivity index (χ4v) is 2.26. The largest absolute Gasteiger partial charge is 0.497 e. The predicted octanol–water partition coefficient (Wildman–Crippen LogP) is 3.22. The molecule has 0 aliphatic carbocycles. The van der Waals surface area contributed by atoms with Gasteiger partial charge in [-0.25, -0.2) is 4.39 Å². The number of halogens is 1. The summed E-state index contributed by atoms with van der Waals surface area (Å²) >= 11 is 0. The average Bonchev–Trinajstić information content (AvgIpc) is 2.47. The average molecular weight is 282 g/mol. The van der Waals surface area contributed by atoms with Crippen molar-refractivity contribution in [3.63, 3.8) is 0 Å². The molecule has 1 atom stereocenters. The van der Waals surface area contributed by atoms with E-state index in [4.69, 9.17) is 4.74 Å². The van der Waals surface area contributed by atoms with Gasteiger partial charge in [0.15, 0.2) is 0 Å². The lowest BCUT2D eigenvalue weighted by Crippen LogP contribution is -2.28. The number of ether oxygens (including phenoxy) is 1. The van der Waals surface area contributed by atoms with Crippen LogP contribution in [0.1, 0.15) is 38.8 Å². The summed E-state index contributed by atoms with van der Waals surface area (Å²) in [7, 11) is 1.54. The molecule has 0 aliphatic heterocycles. The summed E-state index contributed by atoms with van der Waals surface area (Å²) in [5, 5.41) is 3.37. The Bertz CT molecular complexity index is 394. The SMILES string of the molecule is CCN(CC)CCCNC(C)c1ccc(OC)cc1F. The van der Waals surface area contributed by atoms with Crippen molar-refractivity contribution in [2.45, 2.75) is 33.2 Å². The van der Waals surface area contributed by atoms with Crippen LogP contribution in [-0.2, 0) is 0 Å². The van der Waals surface area contributed by atoms with E-state index >= 15 is 0 Å². The minimum absolute atomic E-state index is 0.0117. The maximum absolute atomic E-state index is 13.9. The Labute approximate surface area is 122 Å². The normalized spacial score (nSPS) is 12.7. The zero-order valence-corrected chi connectivity index (χ0v) is 13.1. The van der Waals surface area contributed by atoms with Crippen molar-refractivity contribution in [3.05, 3.63) is 29.6 Å². The van der Waals surface area contributed by atoms with Crippen LogP contribution in [0.15, 0.2) is 18.2 Å². The first kappa shape index (κ1) is 16.9. The number of hydrogen-bond donors (Lipinski definition) is 1.